The fourth-order valence-corrected chi connectivity index (χ4v) is 3.31. The monoisotopic (exact) mass is 321 g/mol. The van der Waals surface area contributed by atoms with Crippen molar-refractivity contribution in [2.45, 2.75) is 30.5 Å². The summed E-state index contributed by atoms with van der Waals surface area (Å²) in [6.45, 7) is 0. The first-order valence-electron chi connectivity index (χ1n) is 6.64. The second-order valence-corrected chi connectivity index (χ2v) is 6.60. The van der Waals surface area contributed by atoms with E-state index in [4.69, 9.17) is 0 Å². The molecular formula is C15H16BrNO2. The van der Waals surface area contributed by atoms with Gasteiger partial charge in [-0.2, -0.15) is 0 Å². The van der Waals surface area contributed by atoms with Crippen molar-refractivity contribution < 1.29 is 9.59 Å². The highest BCUT2D eigenvalue weighted by Gasteiger charge is 2.30. The van der Waals surface area contributed by atoms with Crippen molar-refractivity contribution in [3.8, 4) is 0 Å². The molecule has 3 rings (SSSR count). The van der Waals surface area contributed by atoms with E-state index in [1.165, 1.54) is 17.7 Å². The first kappa shape index (κ1) is 12.9. The van der Waals surface area contributed by atoms with Crippen LogP contribution in [0.3, 0.4) is 0 Å². The van der Waals surface area contributed by atoms with Crippen molar-refractivity contribution in [1.82, 2.24) is 4.90 Å². The van der Waals surface area contributed by atoms with Crippen LogP contribution >= 0.6 is 15.9 Å². The fourth-order valence-electron chi connectivity index (χ4n) is 2.50. The second kappa shape index (κ2) is 4.75. The molecule has 1 saturated carbocycles. The van der Waals surface area contributed by atoms with Gasteiger partial charge in [-0.1, -0.05) is 40.9 Å². The van der Waals surface area contributed by atoms with Gasteiger partial charge in [0.2, 0.25) is 5.91 Å². The average Bonchev–Trinajstić information content (AvgIpc) is 3.19. The number of likely N-dealkylation sites (N-methyl/N-ethyl adjacent to an activating group) is 1. The third-order valence-electron chi connectivity index (χ3n) is 3.98. The van der Waals surface area contributed by atoms with E-state index in [2.05, 4.69) is 15.9 Å². The Kier molecular flexibility index (Phi) is 3.21. The van der Waals surface area contributed by atoms with Gasteiger partial charge < -0.3 is 0 Å². The predicted octanol–water partition coefficient (Wildman–Crippen LogP) is 3.08. The molecule has 100 valence electrons. The minimum Gasteiger partial charge on any atom is -0.281 e. The highest BCUT2D eigenvalue weighted by Crippen LogP contribution is 2.41. The Balaban J connectivity index is 1.90. The molecule has 1 aliphatic carbocycles. The van der Waals surface area contributed by atoms with Crippen LogP contribution in [0.5, 0.6) is 0 Å². The van der Waals surface area contributed by atoms with Gasteiger partial charge in [0.1, 0.15) is 0 Å². The number of hydrogen-bond acceptors (Lipinski definition) is 2. The van der Waals surface area contributed by atoms with Gasteiger partial charge in [0.15, 0.2) is 0 Å². The lowest BCUT2D eigenvalue weighted by atomic mass is 9.94. The average molecular weight is 322 g/mol. The number of benzene rings is 1. The molecule has 0 saturated heterocycles. The number of amides is 2. The lowest BCUT2D eigenvalue weighted by Gasteiger charge is -2.24. The Bertz CT molecular complexity index is 551. The number of alkyl halides is 1. The minimum atomic E-state index is -0.181. The van der Waals surface area contributed by atoms with E-state index in [0.717, 1.165) is 23.5 Å². The molecule has 3 nitrogen and oxygen atoms in total. The van der Waals surface area contributed by atoms with Crippen molar-refractivity contribution in [2.75, 3.05) is 7.05 Å². The SMILES string of the molecule is CN1C(=O)Cc2ccc(C(Br)CC3CC3)cc2C1=O. The first-order chi connectivity index (χ1) is 9.06. The Hall–Kier alpha value is -1.16. The third kappa shape index (κ3) is 2.46. The van der Waals surface area contributed by atoms with Gasteiger partial charge in [-0.3, -0.25) is 14.5 Å². The quantitative estimate of drug-likeness (QED) is 0.633. The third-order valence-corrected chi connectivity index (χ3v) is 4.89. The van der Waals surface area contributed by atoms with Gasteiger partial charge in [-0.25, -0.2) is 0 Å². The molecule has 1 unspecified atom stereocenters. The van der Waals surface area contributed by atoms with E-state index in [-0.39, 0.29) is 11.8 Å². The Morgan fingerprint density at radius 1 is 1.37 bits per heavy atom. The van der Waals surface area contributed by atoms with Crippen LogP contribution in [0, 0.1) is 5.92 Å². The zero-order valence-electron chi connectivity index (χ0n) is 10.9. The molecule has 1 aliphatic heterocycles. The number of rotatable bonds is 3. The van der Waals surface area contributed by atoms with E-state index < -0.39 is 0 Å². The predicted molar refractivity (Wildman–Crippen MR) is 76.3 cm³/mol. The molecule has 19 heavy (non-hydrogen) atoms. The van der Waals surface area contributed by atoms with Crippen LogP contribution in [0.15, 0.2) is 18.2 Å². The summed E-state index contributed by atoms with van der Waals surface area (Å²) >= 11 is 3.71. The summed E-state index contributed by atoms with van der Waals surface area (Å²) in [5, 5.41) is 0. The number of carbonyl (C=O) groups excluding carboxylic acids is 2. The zero-order valence-corrected chi connectivity index (χ0v) is 12.4. The number of hydrogen-bond donors (Lipinski definition) is 0. The van der Waals surface area contributed by atoms with E-state index in [9.17, 15) is 9.59 Å². The molecule has 4 heteroatoms. The van der Waals surface area contributed by atoms with Gasteiger partial charge in [-0.15, -0.1) is 0 Å². The maximum absolute atomic E-state index is 12.1. The number of halogens is 1. The number of nitrogens with zero attached hydrogens (tertiary/aromatic N) is 1. The fraction of sp³-hybridized carbons (Fsp3) is 0.467. The maximum Gasteiger partial charge on any atom is 0.260 e. The highest BCUT2D eigenvalue weighted by atomic mass is 79.9. The summed E-state index contributed by atoms with van der Waals surface area (Å²) in [5.74, 6) is 0.526. The summed E-state index contributed by atoms with van der Waals surface area (Å²) < 4.78 is 0. The van der Waals surface area contributed by atoms with Crippen molar-refractivity contribution in [3.05, 3.63) is 34.9 Å². The Morgan fingerprint density at radius 3 is 2.79 bits per heavy atom. The molecule has 0 radical (unpaired) electrons. The summed E-state index contributed by atoms with van der Waals surface area (Å²) in [6.07, 6.45) is 4.10. The van der Waals surface area contributed by atoms with E-state index >= 15 is 0 Å². The number of imide groups is 1. The number of fused-ring (bicyclic) bond motifs is 1. The smallest absolute Gasteiger partial charge is 0.260 e. The molecule has 0 N–H and O–H groups in total. The van der Waals surface area contributed by atoms with Crippen LogP contribution in [-0.4, -0.2) is 23.8 Å². The topological polar surface area (TPSA) is 37.4 Å². The van der Waals surface area contributed by atoms with Crippen LogP contribution in [0.1, 0.15) is 45.6 Å². The van der Waals surface area contributed by atoms with E-state index in [0.29, 0.717) is 16.8 Å². The first-order valence-corrected chi connectivity index (χ1v) is 7.55. The van der Waals surface area contributed by atoms with Crippen LogP contribution < -0.4 is 0 Å². The Morgan fingerprint density at radius 2 is 2.11 bits per heavy atom. The maximum atomic E-state index is 12.1. The van der Waals surface area contributed by atoms with E-state index in [1.807, 2.05) is 18.2 Å². The summed E-state index contributed by atoms with van der Waals surface area (Å²) in [4.78, 5) is 25.3. The molecule has 1 heterocycles. The summed E-state index contributed by atoms with van der Waals surface area (Å²) in [5.41, 5.74) is 2.67. The molecule has 2 amide bonds. The number of carbonyl (C=O) groups is 2. The van der Waals surface area contributed by atoms with Gasteiger partial charge in [0.25, 0.3) is 5.91 Å². The normalized spacial score (nSPS) is 20.4. The van der Waals surface area contributed by atoms with Crippen molar-refractivity contribution >= 4 is 27.7 Å². The molecular weight excluding hydrogens is 306 g/mol. The molecule has 2 aliphatic rings. The minimum absolute atomic E-state index is 0.126. The van der Waals surface area contributed by atoms with Crippen molar-refractivity contribution in [3.63, 3.8) is 0 Å². The van der Waals surface area contributed by atoms with Crippen molar-refractivity contribution in [2.24, 2.45) is 5.92 Å². The van der Waals surface area contributed by atoms with E-state index in [1.54, 1.807) is 7.05 Å². The van der Waals surface area contributed by atoms with Crippen LogP contribution in [0.4, 0.5) is 0 Å². The summed E-state index contributed by atoms with van der Waals surface area (Å²) in [6, 6.07) is 5.91. The molecule has 0 bridgehead atoms. The highest BCUT2D eigenvalue weighted by molar-refractivity contribution is 9.09. The van der Waals surface area contributed by atoms with Gasteiger partial charge in [0, 0.05) is 17.4 Å². The molecule has 1 aromatic carbocycles. The zero-order chi connectivity index (χ0) is 13.6. The standard InChI is InChI=1S/C15H16BrNO2/c1-17-14(18)8-10-4-5-11(7-12(10)15(17)19)13(16)6-9-2-3-9/h4-5,7,9,13H,2-3,6,8H2,1H3. The lowest BCUT2D eigenvalue weighted by Crippen LogP contribution is -2.39. The van der Waals surface area contributed by atoms with Crippen LogP contribution in [-0.2, 0) is 11.2 Å². The van der Waals surface area contributed by atoms with Crippen molar-refractivity contribution in [1.29, 1.82) is 0 Å². The lowest BCUT2D eigenvalue weighted by molar-refractivity contribution is -0.127. The Labute approximate surface area is 121 Å². The largest absolute Gasteiger partial charge is 0.281 e. The molecule has 0 spiro atoms. The van der Waals surface area contributed by atoms with Gasteiger partial charge in [-0.05, 0) is 29.5 Å². The molecule has 1 fully saturated rings. The second-order valence-electron chi connectivity index (χ2n) is 5.50. The summed E-state index contributed by atoms with van der Waals surface area (Å²) in [7, 11) is 1.55. The van der Waals surface area contributed by atoms with Crippen LogP contribution in [0.25, 0.3) is 0 Å². The van der Waals surface area contributed by atoms with Crippen LogP contribution in [0.2, 0.25) is 0 Å². The van der Waals surface area contributed by atoms with Gasteiger partial charge >= 0.3 is 0 Å². The molecule has 1 aromatic rings. The molecule has 0 aromatic heterocycles. The molecule has 1 atom stereocenters. The van der Waals surface area contributed by atoms with Gasteiger partial charge in [0.05, 0.1) is 6.42 Å².